The van der Waals surface area contributed by atoms with E-state index < -0.39 is 0 Å². The summed E-state index contributed by atoms with van der Waals surface area (Å²) in [6, 6.07) is 1.51. The number of halogens is 1. The first kappa shape index (κ1) is 9.34. The van der Waals surface area contributed by atoms with E-state index in [4.69, 9.17) is 11.6 Å². The molecule has 1 aliphatic rings. The van der Waals surface area contributed by atoms with Gasteiger partial charge in [0.25, 0.3) is 0 Å². The van der Waals surface area contributed by atoms with Crippen LogP contribution in [0.3, 0.4) is 0 Å². The molecule has 0 unspecified atom stereocenters. The first-order valence-electron chi connectivity index (χ1n) is 4.57. The van der Waals surface area contributed by atoms with E-state index in [1.807, 2.05) is 0 Å². The molecule has 0 atom stereocenters. The number of rotatable bonds is 4. The van der Waals surface area contributed by atoms with E-state index in [0.29, 0.717) is 6.04 Å². The summed E-state index contributed by atoms with van der Waals surface area (Å²) >= 11 is 5.72. The normalized spacial score (nSPS) is 19.4. The van der Waals surface area contributed by atoms with Gasteiger partial charge in [-0.2, -0.15) is 0 Å². The van der Waals surface area contributed by atoms with Gasteiger partial charge in [0.05, 0.1) is 0 Å². The molecule has 0 heterocycles. The second-order valence-electron chi connectivity index (χ2n) is 3.61. The Morgan fingerprint density at radius 3 is 2.36 bits per heavy atom. The lowest BCUT2D eigenvalue weighted by atomic mass is 9.90. The van der Waals surface area contributed by atoms with Crippen LogP contribution in [0.25, 0.3) is 0 Å². The Hall–Kier alpha value is 0.250. The summed E-state index contributed by atoms with van der Waals surface area (Å²) in [4.78, 5) is 2.52. The third-order valence-electron chi connectivity index (χ3n) is 2.55. The highest BCUT2D eigenvalue weighted by Crippen LogP contribution is 2.26. The Kier molecular flexibility index (Phi) is 3.67. The van der Waals surface area contributed by atoms with Crippen molar-refractivity contribution in [3.63, 3.8) is 0 Å². The molecule has 0 aliphatic heterocycles. The molecule has 1 rings (SSSR count). The molecule has 1 saturated carbocycles. The smallest absolute Gasteiger partial charge is 0.0351 e. The van der Waals surface area contributed by atoms with Crippen molar-refractivity contribution in [2.75, 3.05) is 12.4 Å². The maximum atomic E-state index is 5.72. The third-order valence-corrected chi connectivity index (χ3v) is 2.72. The minimum absolute atomic E-state index is 0.666. The van der Waals surface area contributed by atoms with Crippen molar-refractivity contribution in [3.8, 4) is 0 Å². The van der Waals surface area contributed by atoms with Gasteiger partial charge in [-0.25, -0.2) is 0 Å². The lowest BCUT2D eigenvalue weighted by Gasteiger charge is -2.39. The van der Waals surface area contributed by atoms with E-state index in [-0.39, 0.29) is 0 Å². The largest absolute Gasteiger partial charge is 0.297 e. The van der Waals surface area contributed by atoms with Crippen LogP contribution in [-0.2, 0) is 0 Å². The predicted octanol–water partition coefficient (Wildman–Crippen LogP) is 2.49. The zero-order chi connectivity index (χ0) is 8.27. The topological polar surface area (TPSA) is 3.24 Å². The Balaban J connectivity index is 2.31. The minimum atomic E-state index is 0.666. The molecule has 0 bridgehead atoms. The molecule has 2 heteroatoms. The van der Waals surface area contributed by atoms with Gasteiger partial charge in [0, 0.05) is 24.5 Å². The van der Waals surface area contributed by atoms with Crippen LogP contribution in [0.4, 0.5) is 0 Å². The molecule has 0 amide bonds. The molecule has 0 aromatic rings. The number of nitrogens with zero attached hydrogens (tertiary/aromatic N) is 1. The van der Waals surface area contributed by atoms with Crippen molar-refractivity contribution >= 4 is 11.6 Å². The molecule has 0 N–H and O–H groups in total. The molecular formula is C9H18ClN. The first-order chi connectivity index (χ1) is 5.25. The third kappa shape index (κ3) is 2.34. The number of hydrogen-bond donors (Lipinski definition) is 0. The van der Waals surface area contributed by atoms with Crippen LogP contribution in [0, 0.1) is 0 Å². The molecule has 0 aromatic heterocycles. The van der Waals surface area contributed by atoms with Gasteiger partial charge >= 0.3 is 0 Å². The highest BCUT2D eigenvalue weighted by atomic mass is 35.5. The molecule has 0 radical (unpaired) electrons. The fourth-order valence-electron chi connectivity index (χ4n) is 1.68. The zero-order valence-electron chi connectivity index (χ0n) is 7.52. The fourth-order valence-corrected chi connectivity index (χ4v) is 1.87. The van der Waals surface area contributed by atoms with Crippen LogP contribution in [-0.4, -0.2) is 29.4 Å². The Bertz CT molecular complexity index is 110. The monoisotopic (exact) mass is 175 g/mol. The van der Waals surface area contributed by atoms with Crippen molar-refractivity contribution < 1.29 is 0 Å². The first-order valence-corrected chi connectivity index (χ1v) is 5.11. The van der Waals surface area contributed by atoms with Gasteiger partial charge in [-0.1, -0.05) is 6.42 Å². The van der Waals surface area contributed by atoms with E-state index in [1.165, 1.54) is 19.3 Å². The molecule has 66 valence electrons. The van der Waals surface area contributed by atoms with E-state index >= 15 is 0 Å². The molecule has 11 heavy (non-hydrogen) atoms. The molecule has 0 aromatic carbocycles. The van der Waals surface area contributed by atoms with Crippen LogP contribution >= 0.6 is 11.6 Å². The molecule has 1 fully saturated rings. The van der Waals surface area contributed by atoms with Crippen LogP contribution in [0.2, 0.25) is 0 Å². The van der Waals surface area contributed by atoms with Gasteiger partial charge in [-0.15, -0.1) is 11.6 Å². The lowest BCUT2D eigenvalue weighted by molar-refractivity contribution is 0.102. The van der Waals surface area contributed by atoms with E-state index in [9.17, 15) is 0 Å². The summed E-state index contributed by atoms with van der Waals surface area (Å²) in [6.07, 6.45) is 4.18. The Labute approximate surface area is 74.7 Å². The number of hydrogen-bond acceptors (Lipinski definition) is 1. The van der Waals surface area contributed by atoms with Crippen molar-refractivity contribution in [1.29, 1.82) is 0 Å². The Morgan fingerprint density at radius 2 is 2.09 bits per heavy atom. The summed E-state index contributed by atoms with van der Waals surface area (Å²) in [7, 11) is 0. The van der Waals surface area contributed by atoms with Gasteiger partial charge in [0.15, 0.2) is 0 Å². The van der Waals surface area contributed by atoms with Gasteiger partial charge in [-0.3, -0.25) is 4.90 Å². The molecule has 1 aliphatic carbocycles. The van der Waals surface area contributed by atoms with Gasteiger partial charge in [-0.05, 0) is 26.7 Å². The van der Waals surface area contributed by atoms with Gasteiger partial charge in [0.1, 0.15) is 0 Å². The maximum absolute atomic E-state index is 5.72. The van der Waals surface area contributed by atoms with Crippen molar-refractivity contribution in [2.24, 2.45) is 0 Å². The van der Waals surface area contributed by atoms with Crippen LogP contribution in [0.15, 0.2) is 0 Å². The summed E-state index contributed by atoms with van der Waals surface area (Å²) in [5, 5.41) is 0. The fraction of sp³-hybridized carbons (Fsp3) is 1.00. The van der Waals surface area contributed by atoms with Crippen molar-refractivity contribution in [1.82, 2.24) is 4.90 Å². The zero-order valence-corrected chi connectivity index (χ0v) is 8.27. The van der Waals surface area contributed by atoms with E-state index in [0.717, 1.165) is 18.5 Å². The standard InChI is InChI=1S/C9H18ClN/c1-8(2)11(7-6-10)9-4-3-5-9/h8-9H,3-7H2,1-2H3. The summed E-state index contributed by atoms with van der Waals surface area (Å²) in [5.74, 6) is 0.773. The van der Waals surface area contributed by atoms with Gasteiger partial charge < -0.3 is 0 Å². The molecular weight excluding hydrogens is 158 g/mol. The second kappa shape index (κ2) is 4.32. The van der Waals surface area contributed by atoms with Crippen LogP contribution < -0.4 is 0 Å². The molecule has 0 spiro atoms. The van der Waals surface area contributed by atoms with Crippen molar-refractivity contribution in [2.45, 2.75) is 45.2 Å². The molecule has 1 nitrogen and oxygen atoms in total. The van der Waals surface area contributed by atoms with Crippen LogP contribution in [0.5, 0.6) is 0 Å². The number of alkyl halides is 1. The molecule has 0 saturated heterocycles. The summed E-state index contributed by atoms with van der Waals surface area (Å²) in [6.45, 7) is 5.57. The van der Waals surface area contributed by atoms with Crippen LogP contribution in [0.1, 0.15) is 33.1 Å². The quantitative estimate of drug-likeness (QED) is 0.594. The van der Waals surface area contributed by atoms with E-state index in [2.05, 4.69) is 18.7 Å². The lowest BCUT2D eigenvalue weighted by Crippen LogP contribution is -2.45. The predicted molar refractivity (Wildman–Crippen MR) is 50.2 cm³/mol. The van der Waals surface area contributed by atoms with E-state index in [1.54, 1.807) is 0 Å². The minimum Gasteiger partial charge on any atom is -0.297 e. The highest BCUT2D eigenvalue weighted by Gasteiger charge is 2.25. The second-order valence-corrected chi connectivity index (χ2v) is 3.98. The summed E-state index contributed by atoms with van der Waals surface area (Å²) < 4.78 is 0. The summed E-state index contributed by atoms with van der Waals surface area (Å²) in [5.41, 5.74) is 0. The average Bonchev–Trinajstić information content (AvgIpc) is 1.82. The maximum Gasteiger partial charge on any atom is 0.0351 e. The SMILES string of the molecule is CC(C)N(CCCl)C1CCC1. The average molecular weight is 176 g/mol. The Morgan fingerprint density at radius 1 is 1.45 bits per heavy atom. The van der Waals surface area contributed by atoms with Crippen molar-refractivity contribution in [3.05, 3.63) is 0 Å². The highest BCUT2D eigenvalue weighted by molar-refractivity contribution is 6.18. The van der Waals surface area contributed by atoms with Gasteiger partial charge in [0.2, 0.25) is 0 Å².